The number of ketones is 1. The van der Waals surface area contributed by atoms with Crippen LogP contribution in [-0.2, 0) is 76.1 Å². The molecule has 28 heteroatoms. The highest BCUT2D eigenvalue weighted by atomic mass is 16.7. The van der Waals surface area contributed by atoms with E-state index < -0.39 is 162 Å². The van der Waals surface area contributed by atoms with Gasteiger partial charge in [0.2, 0.25) is 11.8 Å². The summed E-state index contributed by atoms with van der Waals surface area (Å²) >= 11 is 0. The lowest BCUT2D eigenvalue weighted by Crippen LogP contribution is -2.59. The number of aliphatic hydroxyl groups is 2. The van der Waals surface area contributed by atoms with Crippen LogP contribution in [0.3, 0.4) is 0 Å². The largest absolute Gasteiger partial charge is 0.492 e. The number of hydrogen-bond acceptors (Lipinski definition) is 25. The number of carbonyl (C=O) groups excluding carboxylic acids is 6. The van der Waals surface area contributed by atoms with Gasteiger partial charge < -0.3 is 88.2 Å². The number of carbonyl (C=O) groups is 6. The van der Waals surface area contributed by atoms with Crippen LogP contribution in [0.2, 0.25) is 0 Å². The van der Waals surface area contributed by atoms with Crippen LogP contribution in [-0.4, -0.2) is 229 Å². The SMILES string of the molecule is CON=C1C[C@@H](C)O[C@@H](O[C@@H]2[C@@H](C)[C@H](O[C@H]3C[C@H](C)N(CCNC(C)=O)C[C@H](C)O3)[C@@H](C)C(=O)O[C@H]([C@@H](C)CO[C@@H]3O[C@H](C)[C@@H](O)[C@@H](OC)[C@H]3OC)[C@H](C)[C@@H](OC(=O)CC(C)C)[C@@H](C)C(=O)[C@@](C)(OC(=O)NC(C)(C)CNC(=O)c3cnc(O)cn3)C[C@@H]2C)[C@@H]1O. The van der Waals surface area contributed by atoms with Gasteiger partial charge in [-0.1, -0.05) is 53.6 Å². The van der Waals surface area contributed by atoms with Gasteiger partial charge in [-0.05, 0) is 73.6 Å². The second-order valence-corrected chi connectivity index (χ2v) is 26.6. The lowest BCUT2D eigenvalue weighted by atomic mass is 9.74. The Labute approximate surface area is 535 Å². The molecule has 1 aromatic rings. The molecule has 4 saturated heterocycles. The van der Waals surface area contributed by atoms with E-state index in [4.69, 9.17) is 56.9 Å². The summed E-state index contributed by atoms with van der Waals surface area (Å²) in [5.41, 5.74) is -3.27. The highest BCUT2D eigenvalue weighted by molar-refractivity contribution is 5.93. The quantitative estimate of drug-likeness (QED) is 0.0538. The fraction of sp³-hybridized carbons (Fsp3) is 0.825. The average molecular weight is 1300 g/mol. The molecule has 22 atom stereocenters. The van der Waals surface area contributed by atoms with Gasteiger partial charge in [0, 0.05) is 90.4 Å². The van der Waals surface area contributed by atoms with Gasteiger partial charge in [-0.3, -0.25) is 28.9 Å². The first-order valence-corrected chi connectivity index (χ1v) is 31.8. The van der Waals surface area contributed by atoms with Crippen molar-refractivity contribution in [3.63, 3.8) is 0 Å². The Morgan fingerprint density at radius 2 is 1.52 bits per heavy atom. The first-order valence-electron chi connectivity index (χ1n) is 31.8. The number of aliphatic hydroxyl groups excluding tert-OH is 2. The van der Waals surface area contributed by atoms with E-state index in [1.54, 1.807) is 69.2 Å². The molecule has 91 heavy (non-hydrogen) atoms. The smallest absolute Gasteiger partial charge is 0.408 e. The Hall–Kier alpha value is -5.27. The highest BCUT2D eigenvalue weighted by Gasteiger charge is 2.53. The Kier molecular flexibility index (Phi) is 28.8. The topological polar surface area (TPSA) is 351 Å². The van der Waals surface area contributed by atoms with E-state index in [9.17, 15) is 34.5 Å². The molecule has 3 amide bonds. The summed E-state index contributed by atoms with van der Waals surface area (Å²) in [4.78, 5) is 101. The van der Waals surface area contributed by atoms with Gasteiger partial charge in [-0.25, -0.2) is 14.8 Å². The number of aromatic hydroxyl groups is 1. The molecule has 28 nitrogen and oxygen atoms in total. The van der Waals surface area contributed by atoms with Crippen molar-refractivity contribution in [3.8, 4) is 5.88 Å². The molecule has 6 N–H and O–H groups in total. The van der Waals surface area contributed by atoms with Crippen molar-refractivity contribution in [2.75, 3.05) is 54.1 Å². The van der Waals surface area contributed by atoms with Crippen LogP contribution in [0, 0.1) is 41.4 Å². The minimum absolute atomic E-state index is 0.0570. The molecular formula is C63H105N7O21. The number of esters is 2. The molecule has 1 aromatic heterocycles. The van der Waals surface area contributed by atoms with E-state index in [1.165, 1.54) is 35.2 Å². The molecule has 0 saturated carbocycles. The number of nitrogens with one attached hydrogen (secondary N) is 3. The van der Waals surface area contributed by atoms with Crippen molar-refractivity contribution in [2.45, 2.75) is 240 Å². The van der Waals surface area contributed by atoms with Gasteiger partial charge in [0.05, 0.1) is 72.6 Å². The minimum Gasteiger partial charge on any atom is -0.492 e. The van der Waals surface area contributed by atoms with Gasteiger partial charge in [-0.2, -0.15) is 0 Å². The lowest BCUT2D eigenvalue weighted by Gasteiger charge is -2.45. The number of methoxy groups -OCH3 is 2. The van der Waals surface area contributed by atoms with Crippen molar-refractivity contribution in [2.24, 2.45) is 46.6 Å². The Morgan fingerprint density at radius 3 is 2.13 bits per heavy atom. The maximum Gasteiger partial charge on any atom is 0.408 e. The zero-order valence-corrected chi connectivity index (χ0v) is 56.7. The van der Waals surface area contributed by atoms with E-state index in [0.717, 1.165) is 12.4 Å². The molecule has 0 aromatic carbocycles. The second-order valence-electron chi connectivity index (χ2n) is 26.6. The van der Waals surface area contributed by atoms with Crippen LogP contribution in [0.5, 0.6) is 5.88 Å². The molecule has 0 spiro atoms. The van der Waals surface area contributed by atoms with Gasteiger partial charge in [0.15, 0.2) is 30.3 Å². The first kappa shape index (κ1) is 76.4. The van der Waals surface area contributed by atoms with Gasteiger partial charge in [-0.15, -0.1) is 0 Å². The van der Waals surface area contributed by atoms with Crippen LogP contribution in [0.1, 0.15) is 147 Å². The van der Waals surface area contributed by atoms with Crippen LogP contribution in [0.15, 0.2) is 17.5 Å². The molecular weight excluding hydrogens is 1190 g/mol. The standard InChI is InChI=1S/C63H105N7O21/c1-31(2)22-46(73)87-52-38(9)51(33(4)29-83-60-55(81-18)54(80-17)48(74)41(12)86-60)89-58(78)40(11)53(88-47-23-34(5)70(28-36(7)84-47)21-20-64-42(13)71)37(8)50(90-59-49(75)43(69-82-19)24-35(6)85-59)32(3)25-63(16,56(76)39(52)10)91-61(79)68-62(14,15)30-67-57(77)44-26-66-45(72)27-65-44/h26-27,31-41,47-55,59-60,74-75H,20-25,28-30H2,1-19H3,(H,64,71)(H,66,72)(H,67,77)(H,68,79)/t32-,33-,34-,35+,36-,37+,38-,39+,40+,41+,47-,48+,49+,50-,51+,52+,53-,54+,55+,59-,60+,63-/m0/s1. The van der Waals surface area contributed by atoms with Gasteiger partial charge in [0.25, 0.3) is 5.91 Å². The number of aromatic nitrogens is 2. The second kappa shape index (κ2) is 34.2. The fourth-order valence-electron chi connectivity index (χ4n) is 12.7. The Balaban J connectivity index is 1.71. The van der Waals surface area contributed by atoms with Gasteiger partial charge in [0.1, 0.15) is 49.4 Å². The van der Waals surface area contributed by atoms with Crippen molar-refractivity contribution in [3.05, 3.63) is 18.1 Å². The summed E-state index contributed by atoms with van der Waals surface area (Å²) < 4.78 is 70.8. The third kappa shape index (κ3) is 21.1. The van der Waals surface area contributed by atoms with Crippen molar-refractivity contribution >= 4 is 41.3 Å². The van der Waals surface area contributed by atoms with Crippen LogP contribution >= 0.6 is 0 Å². The zero-order valence-electron chi connectivity index (χ0n) is 56.7. The number of ether oxygens (including phenoxy) is 11. The highest BCUT2D eigenvalue weighted by Crippen LogP contribution is 2.41. The summed E-state index contributed by atoms with van der Waals surface area (Å²) in [6.07, 6.45) is -13.2. The predicted octanol–water partition coefficient (Wildman–Crippen LogP) is 4.22. The van der Waals surface area contributed by atoms with Crippen LogP contribution in [0.4, 0.5) is 4.79 Å². The average Bonchev–Trinajstić information content (AvgIpc) is 0.956. The van der Waals surface area contributed by atoms with Crippen molar-refractivity contribution < 1.29 is 101 Å². The zero-order chi connectivity index (χ0) is 68.0. The third-order valence-electron chi connectivity index (χ3n) is 17.5. The maximum absolute atomic E-state index is 16.1. The Morgan fingerprint density at radius 1 is 0.835 bits per heavy atom. The summed E-state index contributed by atoms with van der Waals surface area (Å²) in [7, 11) is 4.21. The number of amides is 3. The number of rotatable bonds is 22. The molecule has 4 aliphatic rings. The molecule has 4 fully saturated rings. The number of oxime groups is 1. The van der Waals surface area contributed by atoms with E-state index in [1.807, 2.05) is 27.7 Å². The predicted molar refractivity (Wildman–Crippen MR) is 328 cm³/mol. The summed E-state index contributed by atoms with van der Waals surface area (Å²) in [5, 5.41) is 45.1. The van der Waals surface area contributed by atoms with Gasteiger partial charge >= 0.3 is 18.0 Å². The third-order valence-corrected chi connectivity index (χ3v) is 17.5. The number of alkyl carbamates (subject to hydrolysis) is 1. The summed E-state index contributed by atoms with van der Waals surface area (Å²) in [6, 6.07) is -0.166. The normalized spacial score (nSPS) is 35.9. The van der Waals surface area contributed by atoms with Crippen molar-refractivity contribution in [1.82, 2.24) is 30.8 Å². The molecule has 4 aliphatic heterocycles. The van der Waals surface area contributed by atoms with Crippen LogP contribution < -0.4 is 16.0 Å². The summed E-state index contributed by atoms with van der Waals surface area (Å²) in [5.74, 6) is -9.57. The molecule has 518 valence electrons. The number of cyclic esters (lactones) is 1. The number of Topliss-reactive ketones (excluding diaryl/α,β-unsaturated/α-hetero) is 1. The number of hydrogen-bond donors (Lipinski definition) is 6. The van der Waals surface area contributed by atoms with Crippen LogP contribution in [0.25, 0.3) is 0 Å². The number of nitrogens with zero attached hydrogens (tertiary/aromatic N) is 4. The fourth-order valence-corrected chi connectivity index (χ4v) is 12.7. The molecule has 5 heterocycles. The molecule has 0 aliphatic carbocycles. The van der Waals surface area contributed by atoms with Crippen molar-refractivity contribution in [1.29, 1.82) is 0 Å². The molecule has 5 rings (SSSR count). The molecule has 0 radical (unpaired) electrons. The summed E-state index contributed by atoms with van der Waals surface area (Å²) in [6.45, 7) is 28.4. The maximum atomic E-state index is 16.1. The van der Waals surface area contributed by atoms with E-state index >= 15 is 9.59 Å². The van der Waals surface area contributed by atoms with E-state index in [-0.39, 0.29) is 67.6 Å². The monoisotopic (exact) mass is 1300 g/mol. The first-order chi connectivity index (χ1) is 42.6. The lowest BCUT2D eigenvalue weighted by molar-refractivity contribution is -0.305. The molecule has 0 unspecified atom stereocenters. The van der Waals surface area contributed by atoms with E-state index in [2.05, 4.69) is 36.0 Å². The van der Waals surface area contributed by atoms with E-state index in [0.29, 0.717) is 26.1 Å². The minimum atomic E-state index is -2.13. The Bertz CT molecular complexity index is 2570. The molecule has 0 bridgehead atoms.